The van der Waals surface area contributed by atoms with Crippen molar-refractivity contribution >= 4 is 0 Å². The van der Waals surface area contributed by atoms with E-state index in [0.29, 0.717) is 25.8 Å². The Balaban J connectivity index is 2.56. The maximum atomic E-state index is 12.7. The minimum Gasteiger partial charge on any atom is -0.373 e. The van der Waals surface area contributed by atoms with Crippen LogP contribution in [-0.2, 0) is 4.74 Å². The van der Waals surface area contributed by atoms with Gasteiger partial charge in [0, 0.05) is 0 Å². The van der Waals surface area contributed by atoms with Crippen LogP contribution in [0.3, 0.4) is 0 Å². The SMILES string of the molecule is CCCNC(C1CCC(C)O1)C(F)(F)F. The van der Waals surface area contributed by atoms with Crippen molar-refractivity contribution in [2.75, 3.05) is 6.54 Å². The molecule has 1 N–H and O–H groups in total. The molecule has 0 aromatic rings. The van der Waals surface area contributed by atoms with Gasteiger partial charge in [-0.3, -0.25) is 0 Å². The third-order valence-electron chi connectivity index (χ3n) is 2.60. The largest absolute Gasteiger partial charge is 0.406 e. The van der Waals surface area contributed by atoms with E-state index >= 15 is 0 Å². The molecular weight excluding hydrogens is 207 g/mol. The van der Waals surface area contributed by atoms with Crippen LogP contribution >= 0.6 is 0 Å². The van der Waals surface area contributed by atoms with Crippen LogP contribution < -0.4 is 5.32 Å². The molecule has 0 radical (unpaired) electrons. The molecule has 0 aromatic heterocycles. The molecule has 1 heterocycles. The molecule has 0 bridgehead atoms. The fourth-order valence-electron chi connectivity index (χ4n) is 1.84. The van der Waals surface area contributed by atoms with Crippen LogP contribution in [0, 0.1) is 0 Å². The van der Waals surface area contributed by atoms with Gasteiger partial charge in [0.05, 0.1) is 12.2 Å². The lowest BCUT2D eigenvalue weighted by molar-refractivity contribution is -0.182. The molecule has 3 atom stereocenters. The fraction of sp³-hybridized carbons (Fsp3) is 1.00. The van der Waals surface area contributed by atoms with Crippen molar-refractivity contribution in [3.05, 3.63) is 0 Å². The van der Waals surface area contributed by atoms with Gasteiger partial charge in [0.2, 0.25) is 0 Å². The average Bonchev–Trinajstić information content (AvgIpc) is 2.50. The molecule has 1 aliphatic heterocycles. The Morgan fingerprint density at radius 2 is 2.07 bits per heavy atom. The minimum atomic E-state index is -4.22. The van der Waals surface area contributed by atoms with Gasteiger partial charge < -0.3 is 10.1 Å². The molecule has 5 heteroatoms. The number of nitrogens with one attached hydrogen (secondary N) is 1. The van der Waals surface area contributed by atoms with Gasteiger partial charge in [0.25, 0.3) is 0 Å². The average molecular weight is 225 g/mol. The Kier molecular flexibility index (Phi) is 4.40. The van der Waals surface area contributed by atoms with Crippen molar-refractivity contribution in [1.29, 1.82) is 0 Å². The van der Waals surface area contributed by atoms with Crippen LogP contribution in [0.15, 0.2) is 0 Å². The van der Waals surface area contributed by atoms with E-state index < -0.39 is 18.3 Å². The number of alkyl halides is 3. The van der Waals surface area contributed by atoms with Crippen LogP contribution in [0.5, 0.6) is 0 Å². The third-order valence-corrected chi connectivity index (χ3v) is 2.60. The Morgan fingerprint density at radius 1 is 1.40 bits per heavy atom. The first-order valence-electron chi connectivity index (χ1n) is 5.40. The zero-order chi connectivity index (χ0) is 11.5. The molecule has 0 saturated carbocycles. The van der Waals surface area contributed by atoms with E-state index in [-0.39, 0.29) is 6.10 Å². The van der Waals surface area contributed by atoms with Crippen LogP contribution in [0.1, 0.15) is 33.1 Å². The van der Waals surface area contributed by atoms with Crippen molar-refractivity contribution in [2.45, 2.75) is 57.5 Å². The second kappa shape index (κ2) is 5.16. The maximum absolute atomic E-state index is 12.7. The van der Waals surface area contributed by atoms with E-state index in [1.165, 1.54) is 0 Å². The first-order chi connectivity index (χ1) is 6.95. The molecule has 0 aromatic carbocycles. The highest BCUT2D eigenvalue weighted by molar-refractivity contribution is 4.87. The number of halogens is 3. The van der Waals surface area contributed by atoms with Crippen molar-refractivity contribution in [2.24, 2.45) is 0 Å². The van der Waals surface area contributed by atoms with Gasteiger partial charge in [-0.05, 0) is 32.7 Å². The summed E-state index contributed by atoms with van der Waals surface area (Å²) in [5.74, 6) is 0. The van der Waals surface area contributed by atoms with Crippen molar-refractivity contribution in [3.63, 3.8) is 0 Å². The molecule has 3 unspecified atom stereocenters. The van der Waals surface area contributed by atoms with E-state index in [4.69, 9.17) is 4.74 Å². The van der Waals surface area contributed by atoms with Crippen LogP contribution in [0.2, 0.25) is 0 Å². The summed E-state index contributed by atoms with van der Waals surface area (Å²) < 4.78 is 43.3. The molecule has 90 valence electrons. The van der Waals surface area contributed by atoms with Crippen molar-refractivity contribution in [3.8, 4) is 0 Å². The summed E-state index contributed by atoms with van der Waals surface area (Å²) in [6.45, 7) is 4.03. The minimum absolute atomic E-state index is 0.0525. The quantitative estimate of drug-likeness (QED) is 0.793. The van der Waals surface area contributed by atoms with E-state index in [9.17, 15) is 13.2 Å². The lowest BCUT2D eigenvalue weighted by Crippen LogP contribution is -2.50. The molecule has 1 fully saturated rings. The van der Waals surface area contributed by atoms with Gasteiger partial charge in [-0.1, -0.05) is 6.92 Å². The third kappa shape index (κ3) is 3.65. The van der Waals surface area contributed by atoms with Gasteiger partial charge in [-0.2, -0.15) is 13.2 Å². The molecule has 15 heavy (non-hydrogen) atoms. The second-order valence-corrected chi connectivity index (χ2v) is 4.04. The van der Waals surface area contributed by atoms with Crippen LogP contribution in [0.25, 0.3) is 0 Å². The molecule has 1 rings (SSSR count). The molecule has 1 aliphatic rings. The zero-order valence-electron chi connectivity index (χ0n) is 9.10. The number of ether oxygens (including phenoxy) is 1. The van der Waals surface area contributed by atoms with Crippen molar-refractivity contribution < 1.29 is 17.9 Å². The van der Waals surface area contributed by atoms with E-state index in [0.717, 1.165) is 0 Å². The van der Waals surface area contributed by atoms with Crippen molar-refractivity contribution in [1.82, 2.24) is 5.32 Å². The highest BCUT2D eigenvalue weighted by atomic mass is 19.4. The van der Waals surface area contributed by atoms with Crippen LogP contribution in [-0.4, -0.2) is 31.0 Å². The van der Waals surface area contributed by atoms with E-state index in [1.54, 1.807) is 0 Å². The molecule has 0 spiro atoms. The summed E-state index contributed by atoms with van der Waals surface area (Å²) in [6, 6.07) is -1.51. The summed E-state index contributed by atoms with van der Waals surface area (Å²) in [5, 5.41) is 2.52. The van der Waals surface area contributed by atoms with E-state index in [1.807, 2.05) is 13.8 Å². The first-order valence-corrected chi connectivity index (χ1v) is 5.40. The Morgan fingerprint density at radius 3 is 2.47 bits per heavy atom. The number of rotatable bonds is 4. The number of hydrogen-bond acceptors (Lipinski definition) is 2. The smallest absolute Gasteiger partial charge is 0.373 e. The predicted molar refractivity (Wildman–Crippen MR) is 51.7 cm³/mol. The second-order valence-electron chi connectivity index (χ2n) is 4.04. The Hall–Kier alpha value is -0.290. The lowest BCUT2D eigenvalue weighted by Gasteiger charge is -2.26. The highest BCUT2D eigenvalue weighted by Gasteiger charge is 2.46. The molecular formula is C10H18F3NO. The number of hydrogen-bond donors (Lipinski definition) is 1. The first kappa shape index (κ1) is 12.8. The van der Waals surface area contributed by atoms with Crippen LogP contribution in [0.4, 0.5) is 13.2 Å². The van der Waals surface area contributed by atoms with Gasteiger partial charge >= 0.3 is 6.18 Å². The monoisotopic (exact) mass is 225 g/mol. The van der Waals surface area contributed by atoms with Gasteiger partial charge in [-0.15, -0.1) is 0 Å². The predicted octanol–water partition coefficient (Wildman–Crippen LogP) is 2.48. The molecule has 0 amide bonds. The molecule has 0 aliphatic carbocycles. The normalized spacial score (nSPS) is 29.4. The fourth-order valence-corrected chi connectivity index (χ4v) is 1.84. The maximum Gasteiger partial charge on any atom is 0.406 e. The van der Waals surface area contributed by atoms with Gasteiger partial charge in [0.15, 0.2) is 0 Å². The van der Waals surface area contributed by atoms with E-state index in [2.05, 4.69) is 5.32 Å². The zero-order valence-corrected chi connectivity index (χ0v) is 9.10. The summed E-state index contributed by atoms with van der Waals surface area (Å²) in [7, 11) is 0. The van der Waals surface area contributed by atoms with Gasteiger partial charge in [0.1, 0.15) is 6.04 Å². The molecule has 1 saturated heterocycles. The topological polar surface area (TPSA) is 21.3 Å². The Labute approximate surface area is 88.2 Å². The van der Waals surface area contributed by atoms with Gasteiger partial charge in [-0.25, -0.2) is 0 Å². The summed E-state index contributed by atoms with van der Waals surface area (Å²) >= 11 is 0. The summed E-state index contributed by atoms with van der Waals surface area (Å²) in [5.41, 5.74) is 0. The molecule has 2 nitrogen and oxygen atoms in total. The standard InChI is InChI=1S/C10H18F3NO/c1-3-6-14-9(10(11,12)13)8-5-4-7(2)15-8/h7-9,14H,3-6H2,1-2H3. The Bertz CT molecular complexity index is 196. The highest BCUT2D eigenvalue weighted by Crippen LogP contribution is 2.30. The summed E-state index contributed by atoms with van der Waals surface area (Å²) in [6.07, 6.45) is -3.10. The lowest BCUT2D eigenvalue weighted by atomic mass is 10.1. The summed E-state index contributed by atoms with van der Waals surface area (Å²) in [4.78, 5) is 0.